The first-order valence-electron chi connectivity index (χ1n) is 10.3. The molecule has 0 atom stereocenters. The second-order valence-corrected chi connectivity index (χ2v) is 7.60. The van der Waals surface area contributed by atoms with Crippen LogP contribution in [0.5, 0.6) is 0 Å². The number of guanidine groups is 1. The van der Waals surface area contributed by atoms with Crippen molar-refractivity contribution in [1.29, 1.82) is 0 Å². The molecule has 2 aromatic rings. The number of imidazole rings is 1. The van der Waals surface area contributed by atoms with Crippen molar-refractivity contribution in [1.82, 2.24) is 25.1 Å². The lowest BCUT2D eigenvalue weighted by Crippen LogP contribution is -2.45. The van der Waals surface area contributed by atoms with Crippen LogP contribution in [-0.4, -0.2) is 52.1 Å². The molecule has 1 aromatic carbocycles. The lowest BCUT2D eigenvalue weighted by molar-refractivity contribution is 0.178. The van der Waals surface area contributed by atoms with E-state index in [1.165, 1.54) is 11.1 Å². The van der Waals surface area contributed by atoms with E-state index in [1.54, 1.807) is 0 Å². The van der Waals surface area contributed by atoms with Crippen LogP contribution in [0.25, 0.3) is 0 Å². The van der Waals surface area contributed by atoms with Crippen LogP contribution < -0.4 is 10.6 Å². The number of halogens is 1. The molecule has 0 saturated carbocycles. The smallest absolute Gasteiger partial charge is 0.191 e. The van der Waals surface area contributed by atoms with Crippen molar-refractivity contribution in [3.05, 3.63) is 54.1 Å². The van der Waals surface area contributed by atoms with Gasteiger partial charge in [0, 0.05) is 50.7 Å². The Bertz CT molecular complexity index is 704. The quantitative estimate of drug-likeness (QED) is 0.290. The van der Waals surface area contributed by atoms with Crippen molar-refractivity contribution in [3.63, 3.8) is 0 Å². The fourth-order valence-electron chi connectivity index (χ4n) is 3.35. The molecule has 0 aliphatic heterocycles. The van der Waals surface area contributed by atoms with E-state index in [2.05, 4.69) is 84.0 Å². The summed E-state index contributed by atoms with van der Waals surface area (Å²) in [6, 6.07) is 9.67. The number of hydrogen-bond acceptors (Lipinski definition) is 3. The largest absolute Gasteiger partial charge is 0.357 e. The molecule has 0 spiro atoms. The summed E-state index contributed by atoms with van der Waals surface area (Å²) in [6.45, 7) is 15.3. The van der Waals surface area contributed by atoms with Gasteiger partial charge in [-0.25, -0.2) is 9.98 Å². The summed E-state index contributed by atoms with van der Waals surface area (Å²) >= 11 is 0. The minimum atomic E-state index is 0. The van der Waals surface area contributed by atoms with Gasteiger partial charge in [-0.1, -0.05) is 24.3 Å². The summed E-state index contributed by atoms with van der Waals surface area (Å²) in [5.41, 5.74) is 2.47. The molecule has 7 heteroatoms. The summed E-state index contributed by atoms with van der Waals surface area (Å²) in [5, 5.41) is 6.81. The number of nitrogens with one attached hydrogen (secondary N) is 2. The predicted octanol–water partition coefficient (Wildman–Crippen LogP) is 3.72. The van der Waals surface area contributed by atoms with Crippen molar-refractivity contribution in [2.45, 2.75) is 59.8 Å². The number of hydrogen-bond donors (Lipinski definition) is 2. The fraction of sp³-hybridized carbons (Fsp3) is 0.545. The number of aliphatic imine (C=N–C) groups is 1. The Balaban J connectivity index is 0.00000420. The van der Waals surface area contributed by atoms with E-state index in [0.717, 1.165) is 32.1 Å². The van der Waals surface area contributed by atoms with Gasteiger partial charge < -0.3 is 15.2 Å². The molecule has 0 fully saturated rings. The summed E-state index contributed by atoms with van der Waals surface area (Å²) in [6.07, 6.45) is 5.63. The molecule has 0 bridgehead atoms. The highest BCUT2D eigenvalue weighted by molar-refractivity contribution is 14.0. The summed E-state index contributed by atoms with van der Waals surface area (Å²) in [5.74, 6) is 0.870. The van der Waals surface area contributed by atoms with E-state index in [1.807, 2.05) is 18.7 Å². The number of rotatable bonds is 10. The molecule has 0 aliphatic carbocycles. The van der Waals surface area contributed by atoms with Crippen molar-refractivity contribution in [2.24, 2.45) is 4.99 Å². The van der Waals surface area contributed by atoms with Crippen LogP contribution in [-0.2, 0) is 13.1 Å². The van der Waals surface area contributed by atoms with Crippen molar-refractivity contribution >= 4 is 29.9 Å². The van der Waals surface area contributed by atoms with E-state index < -0.39 is 0 Å². The monoisotopic (exact) mass is 512 g/mol. The summed E-state index contributed by atoms with van der Waals surface area (Å²) in [4.78, 5) is 11.4. The average Bonchev–Trinajstić information content (AvgIpc) is 3.15. The van der Waals surface area contributed by atoms with Crippen LogP contribution in [0.1, 0.15) is 45.7 Å². The van der Waals surface area contributed by atoms with Crippen molar-refractivity contribution < 1.29 is 0 Å². The van der Waals surface area contributed by atoms with Gasteiger partial charge in [0.2, 0.25) is 0 Å². The highest BCUT2D eigenvalue weighted by Crippen LogP contribution is 2.08. The van der Waals surface area contributed by atoms with Crippen LogP contribution in [0.4, 0.5) is 0 Å². The lowest BCUT2D eigenvalue weighted by atomic mass is 10.1. The highest BCUT2D eigenvalue weighted by Gasteiger charge is 2.12. The zero-order valence-corrected chi connectivity index (χ0v) is 20.8. The third kappa shape index (κ3) is 9.16. The first-order valence-corrected chi connectivity index (χ1v) is 10.3. The average molecular weight is 512 g/mol. The molecule has 1 heterocycles. The Morgan fingerprint density at radius 1 is 1.14 bits per heavy atom. The maximum absolute atomic E-state index is 4.77. The lowest BCUT2D eigenvalue weighted by Gasteiger charge is -2.30. The molecule has 6 nitrogen and oxygen atoms in total. The van der Waals surface area contributed by atoms with Gasteiger partial charge in [0.15, 0.2) is 5.96 Å². The van der Waals surface area contributed by atoms with Crippen LogP contribution in [0.2, 0.25) is 0 Å². The normalized spacial score (nSPS) is 11.8. The van der Waals surface area contributed by atoms with Crippen LogP contribution in [0.3, 0.4) is 0 Å². The van der Waals surface area contributed by atoms with E-state index in [-0.39, 0.29) is 24.0 Å². The van der Waals surface area contributed by atoms with Gasteiger partial charge >= 0.3 is 0 Å². The minimum Gasteiger partial charge on any atom is -0.357 e. The van der Waals surface area contributed by atoms with E-state index in [4.69, 9.17) is 4.99 Å². The molecule has 2 rings (SSSR count). The van der Waals surface area contributed by atoms with E-state index >= 15 is 0 Å². The molecule has 162 valence electrons. The Labute approximate surface area is 193 Å². The molecule has 0 saturated heterocycles. The second kappa shape index (κ2) is 13.6. The molecule has 0 amide bonds. The molecule has 0 unspecified atom stereocenters. The number of benzene rings is 1. The molecule has 1 aromatic heterocycles. The Kier molecular flexibility index (Phi) is 11.9. The zero-order valence-electron chi connectivity index (χ0n) is 18.4. The molecule has 2 N–H and O–H groups in total. The third-order valence-electron chi connectivity index (χ3n) is 4.67. The van der Waals surface area contributed by atoms with E-state index in [0.29, 0.717) is 18.6 Å². The van der Waals surface area contributed by atoms with Gasteiger partial charge in [0.1, 0.15) is 0 Å². The van der Waals surface area contributed by atoms with Crippen molar-refractivity contribution in [2.75, 3.05) is 19.6 Å². The minimum absolute atomic E-state index is 0. The Hall–Kier alpha value is -1.61. The van der Waals surface area contributed by atoms with Crippen LogP contribution >= 0.6 is 24.0 Å². The van der Waals surface area contributed by atoms with Gasteiger partial charge in [-0.15, -0.1) is 24.0 Å². The standard InChI is InChI=1S/C22H36N6.HI/c1-6-24-22(25-11-13-28(18(2)3)19(4)5)26-15-20-8-7-9-21(14-20)16-27-12-10-23-17-27;/h7-10,12,14,17-19H,6,11,13,15-16H2,1-5H3,(H2,24,25,26);1H. The third-order valence-corrected chi connectivity index (χ3v) is 4.67. The molecular formula is C22H37IN6. The van der Waals surface area contributed by atoms with Crippen LogP contribution in [0.15, 0.2) is 48.0 Å². The molecular weight excluding hydrogens is 475 g/mol. The second-order valence-electron chi connectivity index (χ2n) is 7.60. The highest BCUT2D eigenvalue weighted by atomic mass is 127. The first kappa shape index (κ1) is 25.4. The van der Waals surface area contributed by atoms with Gasteiger partial charge in [0.05, 0.1) is 12.9 Å². The summed E-state index contributed by atoms with van der Waals surface area (Å²) < 4.78 is 2.07. The number of nitrogens with zero attached hydrogens (tertiary/aromatic N) is 4. The predicted molar refractivity (Wildman–Crippen MR) is 133 cm³/mol. The molecule has 0 radical (unpaired) electrons. The Morgan fingerprint density at radius 2 is 1.86 bits per heavy atom. The number of aromatic nitrogens is 2. The Morgan fingerprint density at radius 3 is 2.48 bits per heavy atom. The van der Waals surface area contributed by atoms with Crippen LogP contribution in [0, 0.1) is 0 Å². The fourth-order valence-corrected chi connectivity index (χ4v) is 3.35. The molecule has 29 heavy (non-hydrogen) atoms. The maximum atomic E-state index is 4.77. The van der Waals surface area contributed by atoms with Gasteiger partial charge in [-0.05, 0) is 45.7 Å². The van der Waals surface area contributed by atoms with Gasteiger partial charge in [-0.2, -0.15) is 0 Å². The topological polar surface area (TPSA) is 57.5 Å². The SMILES string of the molecule is CCNC(=NCc1cccc(Cn2ccnc2)c1)NCCN(C(C)C)C(C)C.I. The molecule has 0 aliphatic rings. The zero-order chi connectivity index (χ0) is 20.4. The maximum Gasteiger partial charge on any atom is 0.191 e. The van der Waals surface area contributed by atoms with Gasteiger partial charge in [-0.3, -0.25) is 4.90 Å². The van der Waals surface area contributed by atoms with E-state index in [9.17, 15) is 0 Å². The summed E-state index contributed by atoms with van der Waals surface area (Å²) in [7, 11) is 0. The van der Waals surface area contributed by atoms with Crippen molar-refractivity contribution in [3.8, 4) is 0 Å². The van der Waals surface area contributed by atoms with Gasteiger partial charge in [0.25, 0.3) is 0 Å². The first-order chi connectivity index (χ1) is 13.5.